The molecule has 1 aliphatic rings. The zero-order valence-corrected chi connectivity index (χ0v) is 10.8. The van der Waals surface area contributed by atoms with Crippen LogP contribution in [0.4, 0.5) is 0 Å². The van der Waals surface area contributed by atoms with Crippen molar-refractivity contribution in [3.63, 3.8) is 0 Å². The van der Waals surface area contributed by atoms with Crippen molar-refractivity contribution in [2.24, 2.45) is 10.8 Å². The molecule has 4 N–H and O–H groups in total. The number of aliphatic imine (C=N–C) groups is 1. The molecule has 1 unspecified atom stereocenters. The van der Waals surface area contributed by atoms with Gasteiger partial charge >= 0.3 is 0 Å². The van der Waals surface area contributed by atoms with Gasteiger partial charge in [-0.05, 0) is 32.9 Å². The highest BCUT2D eigenvalue weighted by molar-refractivity contribution is 5.83. The van der Waals surface area contributed by atoms with E-state index < -0.39 is 0 Å². The SMILES string of the molecule is CNCC(=NC(C)C1=CC(C)=CC=CC1)NN. The van der Waals surface area contributed by atoms with Crippen molar-refractivity contribution in [3.8, 4) is 0 Å². The molecule has 0 amide bonds. The average Bonchev–Trinajstić information content (AvgIpc) is 2.53. The molecule has 0 aromatic carbocycles. The fourth-order valence-electron chi connectivity index (χ4n) is 1.73. The van der Waals surface area contributed by atoms with Crippen LogP contribution in [0.15, 0.2) is 40.4 Å². The van der Waals surface area contributed by atoms with Gasteiger partial charge in [-0.3, -0.25) is 4.99 Å². The molecule has 0 spiro atoms. The second kappa shape index (κ2) is 7.04. The van der Waals surface area contributed by atoms with Crippen LogP contribution in [-0.4, -0.2) is 25.5 Å². The minimum atomic E-state index is 0.139. The number of allylic oxidation sites excluding steroid dienone is 5. The lowest BCUT2D eigenvalue weighted by molar-refractivity contribution is 0.798. The minimum Gasteiger partial charge on any atom is -0.313 e. The molecule has 94 valence electrons. The third kappa shape index (κ3) is 4.54. The quantitative estimate of drug-likeness (QED) is 0.297. The van der Waals surface area contributed by atoms with Crippen LogP contribution in [0, 0.1) is 0 Å². The number of nitrogens with two attached hydrogens (primary N) is 1. The van der Waals surface area contributed by atoms with Crippen molar-refractivity contribution in [1.29, 1.82) is 0 Å². The van der Waals surface area contributed by atoms with E-state index in [0.717, 1.165) is 12.3 Å². The molecule has 0 saturated carbocycles. The minimum absolute atomic E-state index is 0.139. The van der Waals surface area contributed by atoms with Gasteiger partial charge in [0.2, 0.25) is 0 Å². The molecule has 0 aliphatic heterocycles. The van der Waals surface area contributed by atoms with Crippen molar-refractivity contribution in [2.45, 2.75) is 26.3 Å². The number of rotatable bonds is 4. The topological polar surface area (TPSA) is 62.4 Å². The van der Waals surface area contributed by atoms with Crippen LogP contribution in [0.5, 0.6) is 0 Å². The lowest BCUT2D eigenvalue weighted by Gasteiger charge is -2.13. The monoisotopic (exact) mass is 234 g/mol. The maximum absolute atomic E-state index is 5.43. The lowest BCUT2D eigenvalue weighted by Crippen LogP contribution is -2.38. The van der Waals surface area contributed by atoms with E-state index in [0.29, 0.717) is 6.54 Å². The number of nitrogens with zero attached hydrogens (tertiary/aromatic N) is 1. The van der Waals surface area contributed by atoms with E-state index in [1.165, 1.54) is 11.1 Å². The maximum atomic E-state index is 5.43. The summed E-state index contributed by atoms with van der Waals surface area (Å²) in [4.78, 5) is 4.57. The number of hydrazine groups is 1. The van der Waals surface area contributed by atoms with E-state index in [1.54, 1.807) is 0 Å². The third-order valence-electron chi connectivity index (χ3n) is 2.66. The summed E-state index contributed by atoms with van der Waals surface area (Å²) in [6.45, 7) is 4.84. The molecule has 0 bridgehead atoms. The number of hydrogen-bond donors (Lipinski definition) is 3. The summed E-state index contributed by atoms with van der Waals surface area (Å²) in [5.74, 6) is 6.20. The van der Waals surface area contributed by atoms with Gasteiger partial charge in [0.25, 0.3) is 0 Å². The van der Waals surface area contributed by atoms with Crippen LogP contribution in [0.1, 0.15) is 20.3 Å². The molecule has 1 aliphatic carbocycles. The van der Waals surface area contributed by atoms with Gasteiger partial charge in [0, 0.05) is 0 Å². The molecule has 0 aromatic heterocycles. The Morgan fingerprint density at radius 3 is 3.00 bits per heavy atom. The Morgan fingerprint density at radius 2 is 2.35 bits per heavy atom. The Balaban J connectivity index is 2.78. The molecule has 0 fully saturated rings. The Labute approximate surface area is 103 Å². The Kier molecular flexibility index (Phi) is 5.66. The largest absolute Gasteiger partial charge is 0.313 e. The highest BCUT2D eigenvalue weighted by atomic mass is 15.3. The lowest BCUT2D eigenvalue weighted by atomic mass is 10.0. The molecule has 1 atom stereocenters. The number of likely N-dealkylation sites (N-methyl/N-ethyl adjacent to an activating group) is 1. The van der Waals surface area contributed by atoms with Crippen LogP contribution in [0.3, 0.4) is 0 Å². The van der Waals surface area contributed by atoms with E-state index in [-0.39, 0.29) is 6.04 Å². The van der Waals surface area contributed by atoms with Crippen LogP contribution in [-0.2, 0) is 0 Å². The zero-order valence-electron chi connectivity index (χ0n) is 10.8. The van der Waals surface area contributed by atoms with Gasteiger partial charge in [0.15, 0.2) is 0 Å². The van der Waals surface area contributed by atoms with Crippen LogP contribution in [0.2, 0.25) is 0 Å². The van der Waals surface area contributed by atoms with Gasteiger partial charge in [0.05, 0.1) is 12.6 Å². The highest BCUT2D eigenvalue weighted by Crippen LogP contribution is 2.17. The molecule has 17 heavy (non-hydrogen) atoms. The molecule has 0 saturated heterocycles. The first kappa shape index (κ1) is 13.7. The Morgan fingerprint density at radius 1 is 1.59 bits per heavy atom. The fourth-order valence-corrected chi connectivity index (χ4v) is 1.73. The molecule has 4 heteroatoms. The summed E-state index contributed by atoms with van der Waals surface area (Å²) in [5, 5.41) is 3.03. The molecule has 0 aromatic rings. The fraction of sp³-hybridized carbons (Fsp3) is 0.462. The highest BCUT2D eigenvalue weighted by Gasteiger charge is 2.08. The molecule has 0 heterocycles. The number of nitrogens with one attached hydrogen (secondary N) is 2. The summed E-state index contributed by atoms with van der Waals surface area (Å²) in [6.07, 6.45) is 9.49. The van der Waals surface area contributed by atoms with Gasteiger partial charge in [-0.2, -0.15) is 0 Å². The Hall–Kier alpha value is -1.39. The predicted octanol–water partition coefficient (Wildman–Crippen LogP) is 1.29. The van der Waals surface area contributed by atoms with Crippen molar-refractivity contribution < 1.29 is 0 Å². The molecule has 0 radical (unpaired) electrons. The summed E-state index contributed by atoms with van der Waals surface area (Å²) in [6, 6.07) is 0.139. The van der Waals surface area contributed by atoms with Crippen molar-refractivity contribution in [1.82, 2.24) is 10.7 Å². The zero-order chi connectivity index (χ0) is 12.7. The van der Waals surface area contributed by atoms with E-state index >= 15 is 0 Å². The van der Waals surface area contributed by atoms with E-state index in [4.69, 9.17) is 5.84 Å². The molecule has 1 rings (SSSR count). The van der Waals surface area contributed by atoms with Gasteiger partial charge in [-0.25, -0.2) is 5.84 Å². The third-order valence-corrected chi connectivity index (χ3v) is 2.66. The first-order chi connectivity index (χ1) is 8.17. The summed E-state index contributed by atoms with van der Waals surface area (Å²) < 4.78 is 0. The first-order valence-corrected chi connectivity index (χ1v) is 5.89. The van der Waals surface area contributed by atoms with Gasteiger partial charge in [-0.1, -0.05) is 29.9 Å². The number of hydrogen-bond acceptors (Lipinski definition) is 3. The summed E-state index contributed by atoms with van der Waals surface area (Å²) in [5.41, 5.74) is 5.19. The van der Waals surface area contributed by atoms with Gasteiger partial charge in [0.1, 0.15) is 5.84 Å². The standard InChI is InChI=1S/C13H22N4/c1-10-6-4-5-7-12(8-10)11(2)16-13(17-14)9-15-3/h4-6,8,11,15H,7,9,14H2,1-3H3,(H,16,17). The second-order valence-corrected chi connectivity index (χ2v) is 4.19. The van der Waals surface area contributed by atoms with E-state index in [2.05, 4.69) is 53.9 Å². The molecule has 4 nitrogen and oxygen atoms in total. The van der Waals surface area contributed by atoms with Crippen LogP contribution in [0.25, 0.3) is 0 Å². The van der Waals surface area contributed by atoms with Crippen LogP contribution >= 0.6 is 0 Å². The summed E-state index contributed by atoms with van der Waals surface area (Å²) >= 11 is 0. The smallest absolute Gasteiger partial charge is 0.125 e. The second-order valence-electron chi connectivity index (χ2n) is 4.19. The van der Waals surface area contributed by atoms with E-state index in [9.17, 15) is 0 Å². The maximum Gasteiger partial charge on any atom is 0.125 e. The summed E-state index contributed by atoms with van der Waals surface area (Å²) in [7, 11) is 1.87. The number of amidine groups is 1. The molecular weight excluding hydrogens is 212 g/mol. The average molecular weight is 234 g/mol. The molecular formula is C13H22N4. The normalized spacial score (nSPS) is 18.2. The first-order valence-electron chi connectivity index (χ1n) is 5.89. The van der Waals surface area contributed by atoms with Gasteiger partial charge in [-0.15, -0.1) is 0 Å². The van der Waals surface area contributed by atoms with Crippen LogP contribution < -0.4 is 16.6 Å². The van der Waals surface area contributed by atoms with Crippen molar-refractivity contribution >= 4 is 5.84 Å². The van der Waals surface area contributed by atoms with E-state index in [1.807, 2.05) is 7.05 Å². The Bertz CT molecular complexity index is 364. The predicted molar refractivity (Wildman–Crippen MR) is 73.7 cm³/mol. The van der Waals surface area contributed by atoms with Gasteiger partial charge < -0.3 is 10.7 Å². The van der Waals surface area contributed by atoms with Crippen molar-refractivity contribution in [3.05, 3.63) is 35.5 Å². The van der Waals surface area contributed by atoms with Crippen molar-refractivity contribution in [2.75, 3.05) is 13.6 Å².